The number of hydrogen-bond donors (Lipinski definition) is 1. The lowest BCUT2D eigenvalue weighted by Gasteiger charge is -2.18. The first kappa shape index (κ1) is 15.5. The molecular formula is C15H24N2O2. The first-order chi connectivity index (χ1) is 9.21. The van der Waals surface area contributed by atoms with E-state index in [1.165, 1.54) is 0 Å². The van der Waals surface area contributed by atoms with Gasteiger partial charge in [-0.3, -0.25) is 4.79 Å². The molecule has 1 amide bonds. The molecule has 19 heavy (non-hydrogen) atoms. The zero-order valence-electron chi connectivity index (χ0n) is 11.9. The first-order valence-electron chi connectivity index (χ1n) is 6.90. The van der Waals surface area contributed by atoms with E-state index in [1.807, 2.05) is 43.0 Å². The Balaban J connectivity index is 2.24. The summed E-state index contributed by atoms with van der Waals surface area (Å²) in [7, 11) is 0. The van der Waals surface area contributed by atoms with Crippen LogP contribution in [-0.4, -0.2) is 30.5 Å². The van der Waals surface area contributed by atoms with Gasteiger partial charge in [0.15, 0.2) is 0 Å². The number of nitrogens with two attached hydrogens (primary N) is 1. The second kappa shape index (κ2) is 8.53. The van der Waals surface area contributed by atoms with Crippen LogP contribution in [0.5, 0.6) is 5.75 Å². The molecule has 0 aromatic heterocycles. The van der Waals surface area contributed by atoms with Gasteiger partial charge in [0.05, 0.1) is 6.61 Å². The Morgan fingerprint density at radius 2 is 1.84 bits per heavy atom. The van der Waals surface area contributed by atoms with Gasteiger partial charge in [0.1, 0.15) is 5.75 Å². The summed E-state index contributed by atoms with van der Waals surface area (Å²) in [5.74, 6) is 1.03. The van der Waals surface area contributed by atoms with Crippen LogP contribution in [-0.2, 0) is 11.3 Å². The summed E-state index contributed by atoms with van der Waals surface area (Å²) in [4.78, 5) is 13.6. The Labute approximate surface area is 115 Å². The molecule has 2 N–H and O–H groups in total. The van der Waals surface area contributed by atoms with Crippen LogP contribution < -0.4 is 10.5 Å². The summed E-state index contributed by atoms with van der Waals surface area (Å²) >= 11 is 0. The fourth-order valence-electron chi connectivity index (χ4n) is 1.87. The first-order valence-corrected chi connectivity index (χ1v) is 6.90. The Morgan fingerprint density at radius 3 is 2.37 bits per heavy atom. The zero-order chi connectivity index (χ0) is 14.1. The molecule has 106 valence electrons. The highest BCUT2D eigenvalue weighted by Gasteiger charge is 2.08. The minimum atomic E-state index is 0.201. The van der Waals surface area contributed by atoms with E-state index < -0.39 is 0 Å². The second-order valence-electron chi connectivity index (χ2n) is 4.37. The highest BCUT2D eigenvalue weighted by atomic mass is 16.5. The lowest BCUT2D eigenvalue weighted by molar-refractivity contribution is -0.131. The van der Waals surface area contributed by atoms with Gasteiger partial charge in [-0.05, 0) is 38.0 Å². The largest absolute Gasteiger partial charge is 0.494 e. The van der Waals surface area contributed by atoms with Crippen molar-refractivity contribution in [2.24, 2.45) is 5.73 Å². The molecule has 4 nitrogen and oxygen atoms in total. The van der Waals surface area contributed by atoms with Gasteiger partial charge in [-0.2, -0.15) is 0 Å². The summed E-state index contributed by atoms with van der Waals surface area (Å²) in [5, 5.41) is 0. The third-order valence-corrected chi connectivity index (χ3v) is 3.08. The highest BCUT2D eigenvalue weighted by Crippen LogP contribution is 2.12. The van der Waals surface area contributed by atoms with E-state index in [2.05, 4.69) is 0 Å². The maximum absolute atomic E-state index is 11.8. The van der Waals surface area contributed by atoms with Gasteiger partial charge in [0, 0.05) is 26.1 Å². The fraction of sp³-hybridized carbons (Fsp3) is 0.533. The Bertz CT molecular complexity index is 372. The molecule has 0 atom stereocenters. The smallest absolute Gasteiger partial charge is 0.222 e. The van der Waals surface area contributed by atoms with Crippen molar-refractivity contribution in [1.82, 2.24) is 4.90 Å². The molecule has 0 unspecified atom stereocenters. The average molecular weight is 264 g/mol. The zero-order valence-corrected chi connectivity index (χ0v) is 11.9. The monoisotopic (exact) mass is 264 g/mol. The van der Waals surface area contributed by atoms with Crippen molar-refractivity contribution in [1.29, 1.82) is 0 Å². The molecule has 0 radical (unpaired) electrons. The van der Waals surface area contributed by atoms with Crippen LogP contribution in [0.15, 0.2) is 24.3 Å². The number of hydrogen-bond acceptors (Lipinski definition) is 3. The van der Waals surface area contributed by atoms with Crippen molar-refractivity contribution in [2.45, 2.75) is 33.2 Å². The van der Waals surface area contributed by atoms with E-state index in [-0.39, 0.29) is 5.91 Å². The van der Waals surface area contributed by atoms with Crippen LogP contribution in [0.25, 0.3) is 0 Å². The number of amides is 1. The number of carbonyl (C=O) groups is 1. The summed E-state index contributed by atoms with van der Waals surface area (Å²) in [6.07, 6.45) is 1.29. The van der Waals surface area contributed by atoms with Crippen LogP contribution >= 0.6 is 0 Å². The molecule has 1 rings (SSSR count). The van der Waals surface area contributed by atoms with E-state index in [1.54, 1.807) is 0 Å². The Hall–Kier alpha value is -1.55. The topological polar surface area (TPSA) is 55.6 Å². The maximum atomic E-state index is 11.8. The minimum Gasteiger partial charge on any atom is -0.494 e. The van der Waals surface area contributed by atoms with E-state index in [0.29, 0.717) is 19.6 Å². The van der Waals surface area contributed by atoms with Crippen molar-refractivity contribution >= 4 is 5.91 Å². The van der Waals surface area contributed by atoms with Gasteiger partial charge >= 0.3 is 0 Å². The van der Waals surface area contributed by atoms with Crippen molar-refractivity contribution < 1.29 is 9.53 Å². The van der Waals surface area contributed by atoms with Gasteiger partial charge in [0.25, 0.3) is 0 Å². The molecule has 0 bridgehead atoms. The van der Waals surface area contributed by atoms with Crippen molar-refractivity contribution in [3.63, 3.8) is 0 Å². The quantitative estimate of drug-likeness (QED) is 0.732. The van der Waals surface area contributed by atoms with E-state index in [0.717, 1.165) is 30.8 Å². The number of benzene rings is 1. The molecule has 0 heterocycles. The van der Waals surface area contributed by atoms with Gasteiger partial charge < -0.3 is 15.4 Å². The molecule has 0 saturated carbocycles. The second-order valence-corrected chi connectivity index (χ2v) is 4.37. The summed E-state index contributed by atoms with van der Waals surface area (Å²) in [6, 6.07) is 7.73. The van der Waals surface area contributed by atoms with Gasteiger partial charge in [0.2, 0.25) is 5.91 Å². The third-order valence-electron chi connectivity index (χ3n) is 3.08. The average Bonchev–Trinajstić information content (AvgIpc) is 2.45. The molecule has 1 aromatic carbocycles. The Morgan fingerprint density at radius 1 is 1.21 bits per heavy atom. The lowest BCUT2D eigenvalue weighted by Crippen LogP contribution is -2.30. The van der Waals surface area contributed by atoms with Crippen LogP contribution in [0.4, 0.5) is 0 Å². The Kier molecular flexibility index (Phi) is 6.97. The van der Waals surface area contributed by atoms with Crippen LogP contribution in [0.1, 0.15) is 32.3 Å². The summed E-state index contributed by atoms with van der Waals surface area (Å²) in [5.41, 5.74) is 6.61. The highest BCUT2D eigenvalue weighted by molar-refractivity contribution is 5.76. The molecule has 0 aliphatic heterocycles. The third kappa shape index (κ3) is 5.30. The number of nitrogens with zero attached hydrogens (tertiary/aromatic N) is 1. The molecule has 1 aromatic rings. The van der Waals surface area contributed by atoms with Gasteiger partial charge in [-0.1, -0.05) is 12.1 Å². The number of rotatable bonds is 8. The van der Waals surface area contributed by atoms with Crippen LogP contribution in [0.3, 0.4) is 0 Å². The molecule has 0 spiro atoms. The van der Waals surface area contributed by atoms with E-state index >= 15 is 0 Å². The summed E-state index contributed by atoms with van der Waals surface area (Å²) in [6.45, 7) is 6.65. The molecule has 0 aliphatic carbocycles. The maximum Gasteiger partial charge on any atom is 0.222 e. The van der Waals surface area contributed by atoms with Gasteiger partial charge in [-0.15, -0.1) is 0 Å². The standard InChI is InChI=1S/C15H24N2O2/c1-3-17(4-2)15(18)6-5-11-19-14-9-7-13(12-16)8-10-14/h7-10H,3-6,11-12,16H2,1-2H3. The summed E-state index contributed by atoms with van der Waals surface area (Å²) < 4.78 is 5.59. The van der Waals surface area contributed by atoms with Crippen molar-refractivity contribution in [3.8, 4) is 5.75 Å². The van der Waals surface area contributed by atoms with E-state index in [4.69, 9.17) is 10.5 Å². The minimum absolute atomic E-state index is 0.201. The molecule has 0 saturated heterocycles. The molecule has 0 aliphatic rings. The lowest BCUT2D eigenvalue weighted by atomic mass is 10.2. The van der Waals surface area contributed by atoms with Crippen LogP contribution in [0, 0.1) is 0 Å². The predicted molar refractivity (Wildman–Crippen MR) is 77.0 cm³/mol. The molecule has 0 fully saturated rings. The number of ether oxygens (including phenoxy) is 1. The molecular weight excluding hydrogens is 240 g/mol. The SMILES string of the molecule is CCN(CC)C(=O)CCCOc1ccc(CN)cc1. The van der Waals surface area contributed by atoms with Crippen molar-refractivity contribution in [3.05, 3.63) is 29.8 Å². The normalized spacial score (nSPS) is 10.3. The predicted octanol–water partition coefficient (Wildman–Crippen LogP) is 2.17. The fourth-order valence-corrected chi connectivity index (χ4v) is 1.87. The van der Waals surface area contributed by atoms with E-state index in [9.17, 15) is 4.79 Å². The van der Waals surface area contributed by atoms with Crippen molar-refractivity contribution in [2.75, 3.05) is 19.7 Å². The van der Waals surface area contributed by atoms with Crippen LogP contribution in [0.2, 0.25) is 0 Å². The molecule has 4 heteroatoms. The number of carbonyl (C=O) groups excluding carboxylic acids is 1. The van der Waals surface area contributed by atoms with Gasteiger partial charge in [-0.25, -0.2) is 0 Å².